The van der Waals surface area contributed by atoms with Crippen LogP contribution in [0.15, 0.2) is 53.4 Å². The maximum atomic E-state index is 12.5. The summed E-state index contributed by atoms with van der Waals surface area (Å²) in [5.74, 6) is -1.15. The van der Waals surface area contributed by atoms with E-state index >= 15 is 0 Å². The fourth-order valence-electron chi connectivity index (χ4n) is 2.37. The molecule has 2 rings (SSSR count). The highest BCUT2D eigenvalue weighted by Gasteiger charge is 2.19. The maximum Gasteiger partial charge on any atom is 0.338 e. The van der Waals surface area contributed by atoms with E-state index in [2.05, 4.69) is 10.0 Å². The molecular weight excluding hydrogens is 380 g/mol. The Morgan fingerprint density at radius 2 is 1.79 bits per heavy atom. The van der Waals surface area contributed by atoms with Crippen molar-refractivity contribution in [1.82, 2.24) is 10.0 Å². The van der Waals surface area contributed by atoms with Gasteiger partial charge in [0.15, 0.2) is 6.61 Å². The van der Waals surface area contributed by atoms with E-state index in [0.717, 1.165) is 12.0 Å². The van der Waals surface area contributed by atoms with Crippen LogP contribution in [0, 0.1) is 6.92 Å². The molecule has 0 aliphatic carbocycles. The van der Waals surface area contributed by atoms with Gasteiger partial charge in [-0.05, 0) is 36.6 Å². The van der Waals surface area contributed by atoms with E-state index in [0.29, 0.717) is 12.1 Å². The summed E-state index contributed by atoms with van der Waals surface area (Å²) in [6, 6.07) is 13.3. The number of carbonyl (C=O) groups is 2. The lowest BCUT2D eigenvalue weighted by molar-refractivity contribution is -0.124. The summed E-state index contributed by atoms with van der Waals surface area (Å²) in [5, 5.41) is 2.60. The molecular formula is C20H24N2O5S. The van der Waals surface area contributed by atoms with E-state index in [4.69, 9.17) is 4.74 Å². The second-order valence-corrected chi connectivity index (χ2v) is 7.98. The Balaban J connectivity index is 2.08. The first-order valence-electron chi connectivity index (χ1n) is 8.91. The van der Waals surface area contributed by atoms with Gasteiger partial charge >= 0.3 is 5.97 Å². The highest BCUT2D eigenvalue weighted by Crippen LogP contribution is 2.17. The molecule has 0 heterocycles. The molecule has 0 saturated heterocycles. The van der Waals surface area contributed by atoms with Gasteiger partial charge in [0.25, 0.3) is 5.91 Å². The Labute approximate surface area is 165 Å². The molecule has 0 aliphatic rings. The lowest BCUT2D eigenvalue weighted by Crippen LogP contribution is -2.29. The van der Waals surface area contributed by atoms with Gasteiger partial charge in [0, 0.05) is 13.1 Å². The number of hydrogen-bond donors (Lipinski definition) is 2. The average Bonchev–Trinajstić information content (AvgIpc) is 2.70. The first-order valence-corrected chi connectivity index (χ1v) is 10.4. The van der Waals surface area contributed by atoms with Gasteiger partial charge in [-0.1, -0.05) is 43.3 Å². The first-order chi connectivity index (χ1) is 13.3. The van der Waals surface area contributed by atoms with Crippen molar-refractivity contribution in [3.63, 3.8) is 0 Å². The van der Waals surface area contributed by atoms with E-state index in [1.165, 1.54) is 18.2 Å². The van der Waals surface area contributed by atoms with Crippen molar-refractivity contribution in [2.45, 2.75) is 31.7 Å². The molecule has 0 bridgehead atoms. The normalized spacial score (nSPS) is 11.1. The van der Waals surface area contributed by atoms with Crippen molar-refractivity contribution < 1.29 is 22.7 Å². The molecule has 2 N–H and O–H groups in total. The summed E-state index contributed by atoms with van der Waals surface area (Å²) in [6.07, 6.45) is 0.773. The maximum absolute atomic E-state index is 12.5. The Kier molecular flexibility index (Phi) is 7.71. The molecule has 150 valence electrons. The number of sulfonamides is 1. The van der Waals surface area contributed by atoms with Gasteiger partial charge in [0.05, 0.1) is 10.5 Å². The topological polar surface area (TPSA) is 102 Å². The number of ether oxygens (including phenoxy) is 1. The number of benzene rings is 2. The lowest BCUT2D eigenvalue weighted by Gasteiger charge is -2.11. The molecule has 2 aromatic carbocycles. The minimum Gasteiger partial charge on any atom is -0.452 e. The molecule has 0 spiro atoms. The fourth-order valence-corrected chi connectivity index (χ4v) is 3.41. The standard InChI is InChI=1S/C20H24N2O5S/c1-3-11-21-19(23)14-27-20(24)18-12-17(10-9-15(18)2)28(25,26)22-13-16-7-5-4-6-8-16/h4-10,12,22H,3,11,13-14H2,1-2H3,(H,21,23). The van der Waals surface area contributed by atoms with Gasteiger partial charge in [-0.25, -0.2) is 17.9 Å². The van der Waals surface area contributed by atoms with Crippen LogP contribution in [-0.4, -0.2) is 33.4 Å². The molecule has 0 aliphatic heterocycles. The molecule has 8 heteroatoms. The average molecular weight is 404 g/mol. The number of carbonyl (C=O) groups excluding carboxylic acids is 2. The van der Waals surface area contributed by atoms with Crippen LogP contribution in [0.4, 0.5) is 0 Å². The minimum atomic E-state index is -3.81. The van der Waals surface area contributed by atoms with E-state index in [1.807, 2.05) is 37.3 Å². The molecule has 0 fully saturated rings. The zero-order chi connectivity index (χ0) is 20.6. The predicted octanol–water partition coefficient (Wildman–Crippen LogP) is 2.16. The second-order valence-electron chi connectivity index (χ2n) is 6.21. The summed E-state index contributed by atoms with van der Waals surface area (Å²) in [4.78, 5) is 23.8. The Morgan fingerprint density at radius 1 is 1.07 bits per heavy atom. The number of aryl methyl sites for hydroxylation is 1. The largest absolute Gasteiger partial charge is 0.452 e. The first kappa shape index (κ1) is 21.6. The lowest BCUT2D eigenvalue weighted by atomic mass is 10.1. The Hall–Kier alpha value is -2.71. The van der Waals surface area contributed by atoms with Gasteiger partial charge in [0.1, 0.15) is 0 Å². The number of rotatable bonds is 9. The van der Waals surface area contributed by atoms with Gasteiger partial charge in [-0.15, -0.1) is 0 Å². The molecule has 0 unspecified atom stereocenters. The van der Waals surface area contributed by atoms with Crippen LogP contribution >= 0.6 is 0 Å². The number of amides is 1. The molecule has 0 atom stereocenters. The summed E-state index contributed by atoms with van der Waals surface area (Å²) in [5.41, 5.74) is 1.47. The van der Waals surface area contributed by atoms with E-state index in [1.54, 1.807) is 6.92 Å². The molecule has 28 heavy (non-hydrogen) atoms. The fraction of sp³-hybridized carbons (Fsp3) is 0.300. The number of nitrogens with one attached hydrogen (secondary N) is 2. The zero-order valence-corrected chi connectivity index (χ0v) is 16.7. The molecule has 0 saturated carbocycles. The highest BCUT2D eigenvalue weighted by atomic mass is 32.2. The van der Waals surface area contributed by atoms with E-state index in [-0.39, 0.29) is 17.0 Å². The third kappa shape index (κ3) is 6.17. The molecule has 0 radical (unpaired) electrons. The van der Waals surface area contributed by atoms with Crippen LogP contribution in [0.3, 0.4) is 0 Å². The van der Waals surface area contributed by atoms with Crippen molar-refractivity contribution in [3.8, 4) is 0 Å². The quantitative estimate of drug-likeness (QED) is 0.624. The van der Waals surface area contributed by atoms with Crippen molar-refractivity contribution in [2.75, 3.05) is 13.2 Å². The van der Waals surface area contributed by atoms with Crippen LogP contribution in [-0.2, 0) is 26.1 Å². The SMILES string of the molecule is CCCNC(=O)COC(=O)c1cc(S(=O)(=O)NCc2ccccc2)ccc1C. The molecule has 1 amide bonds. The summed E-state index contributed by atoms with van der Waals surface area (Å²) < 4.78 is 32.6. The number of esters is 1. The van der Waals surface area contributed by atoms with Crippen molar-refractivity contribution in [3.05, 3.63) is 65.2 Å². The van der Waals surface area contributed by atoms with Crippen LogP contribution < -0.4 is 10.0 Å². The van der Waals surface area contributed by atoms with E-state index in [9.17, 15) is 18.0 Å². The molecule has 0 aromatic heterocycles. The minimum absolute atomic E-state index is 0.0450. The highest BCUT2D eigenvalue weighted by molar-refractivity contribution is 7.89. The van der Waals surface area contributed by atoms with E-state index < -0.39 is 28.5 Å². The second kappa shape index (κ2) is 10.0. The van der Waals surface area contributed by atoms with Crippen LogP contribution in [0.25, 0.3) is 0 Å². The number of hydrogen-bond acceptors (Lipinski definition) is 5. The van der Waals surface area contributed by atoms with Crippen LogP contribution in [0.2, 0.25) is 0 Å². The van der Waals surface area contributed by atoms with Crippen LogP contribution in [0.5, 0.6) is 0 Å². The summed E-state index contributed by atoms with van der Waals surface area (Å²) >= 11 is 0. The Bertz CT molecular complexity index is 927. The van der Waals surface area contributed by atoms with Gasteiger partial charge in [-0.3, -0.25) is 4.79 Å². The summed E-state index contributed by atoms with van der Waals surface area (Å²) in [7, 11) is -3.81. The van der Waals surface area contributed by atoms with Crippen molar-refractivity contribution >= 4 is 21.9 Å². The third-order valence-corrected chi connectivity index (χ3v) is 5.35. The molecule has 2 aromatic rings. The van der Waals surface area contributed by atoms with Gasteiger partial charge in [-0.2, -0.15) is 0 Å². The Morgan fingerprint density at radius 3 is 2.46 bits per heavy atom. The van der Waals surface area contributed by atoms with Gasteiger partial charge in [0.2, 0.25) is 10.0 Å². The monoisotopic (exact) mass is 404 g/mol. The smallest absolute Gasteiger partial charge is 0.338 e. The zero-order valence-electron chi connectivity index (χ0n) is 15.9. The predicted molar refractivity (Wildman–Crippen MR) is 105 cm³/mol. The van der Waals surface area contributed by atoms with Crippen molar-refractivity contribution in [2.24, 2.45) is 0 Å². The van der Waals surface area contributed by atoms with Crippen LogP contribution in [0.1, 0.15) is 34.8 Å². The molecule has 7 nitrogen and oxygen atoms in total. The summed E-state index contributed by atoms with van der Waals surface area (Å²) in [6.45, 7) is 3.79. The third-order valence-electron chi connectivity index (χ3n) is 3.95. The van der Waals surface area contributed by atoms with Gasteiger partial charge < -0.3 is 10.1 Å². The van der Waals surface area contributed by atoms with Crippen molar-refractivity contribution in [1.29, 1.82) is 0 Å².